The number of hydrogen-bond donors (Lipinski definition) is 0. The summed E-state index contributed by atoms with van der Waals surface area (Å²) in [4.78, 5) is 0. The summed E-state index contributed by atoms with van der Waals surface area (Å²) in [6, 6.07) is 0. The van der Waals surface area contributed by atoms with Gasteiger partial charge in [-0.2, -0.15) is 0 Å². The Labute approximate surface area is 97.7 Å². The predicted octanol–water partition coefficient (Wildman–Crippen LogP) is 5.30. The molecule has 2 heteroatoms. The van der Waals surface area contributed by atoms with Crippen molar-refractivity contribution in [3.8, 4) is 0 Å². The number of unbranched alkanes of at least 4 members (excludes halogenated alkanes) is 3. The van der Waals surface area contributed by atoms with Gasteiger partial charge in [0.25, 0.3) is 0 Å². The van der Waals surface area contributed by atoms with E-state index in [0.717, 1.165) is 11.0 Å². The smallest absolute Gasteiger partial charge is 0.0215 e. The van der Waals surface area contributed by atoms with Gasteiger partial charge in [0.2, 0.25) is 0 Å². The van der Waals surface area contributed by atoms with Crippen LogP contribution in [0.3, 0.4) is 0 Å². The van der Waals surface area contributed by atoms with Crippen molar-refractivity contribution in [3.05, 3.63) is 12.7 Å². The molecule has 0 N–H and O–H groups in total. The fraction of sp³-hybridized carbons (Fsp3) is 0.833. The van der Waals surface area contributed by atoms with Crippen LogP contribution in [-0.2, 0) is 0 Å². The standard InChI is InChI=1S/C12H24S2/c1-4-7-8-9-10-12(6-3)14-13-11-5-2/h5,12H,2,4,6-11H2,1,3H3. The van der Waals surface area contributed by atoms with Crippen LogP contribution in [0.25, 0.3) is 0 Å². The summed E-state index contributed by atoms with van der Waals surface area (Å²) < 4.78 is 0. The summed E-state index contributed by atoms with van der Waals surface area (Å²) in [5.74, 6) is 1.08. The van der Waals surface area contributed by atoms with Crippen molar-refractivity contribution in [2.75, 3.05) is 5.75 Å². The summed E-state index contributed by atoms with van der Waals surface area (Å²) in [5.41, 5.74) is 0. The van der Waals surface area contributed by atoms with Crippen LogP contribution in [0.5, 0.6) is 0 Å². The van der Waals surface area contributed by atoms with Gasteiger partial charge in [-0.3, -0.25) is 0 Å². The molecule has 0 saturated heterocycles. The van der Waals surface area contributed by atoms with Gasteiger partial charge in [0.1, 0.15) is 0 Å². The van der Waals surface area contributed by atoms with Crippen molar-refractivity contribution in [1.29, 1.82) is 0 Å². The van der Waals surface area contributed by atoms with E-state index in [4.69, 9.17) is 0 Å². The largest absolute Gasteiger partial charge is 0.102 e. The molecule has 0 aliphatic carbocycles. The molecule has 0 aliphatic heterocycles. The van der Waals surface area contributed by atoms with E-state index in [1.54, 1.807) is 0 Å². The summed E-state index contributed by atoms with van der Waals surface area (Å²) in [5, 5.41) is 0.858. The molecule has 1 atom stereocenters. The average molecular weight is 232 g/mol. The molecule has 0 rings (SSSR count). The Bertz CT molecular complexity index is 123. The highest BCUT2D eigenvalue weighted by Crippen LogP contribution is 2.31. The van der Waals surface area contributed by atoms with Gasteiger partial charge in [0.15, 0.2) is 0 Å². The third-order valence-corrected chi connectivity index (χ3v) is 5.21. The summed E-state index contributed by atoms with van der Waals surface area (Å²) in [6.45, 7) is 8.30. The highest BCUT2D eigenvalue weighted by Gasteiger charge is 2.05. The first-order valence-corrected chi connectivity index (χ1v) is 8.12. The lowest BCUT2D eigenvalue weighted by Gasteiger charge is -2.12. The lowest BCUT2D eigenvalue weighted by atomic mass is 10.1. The molecule has 0 heterocycles. The maximum Gasteiger partial charge on any atom is 0.0215 e. The zero-order valence-electron chi connectivity index (χ0n) is 9.63. The van der Waals surface area contributed by atoms with Gasteiger partial charge in [-0.15, -0.1) is 6.58 Å². The molecule has 14 heavy (non-hydrogen) atoms. The molecule has 0 aromatic rings. The van der Waals surface area contributed by atoms with Crippen molar-refractivity contribution in [2.24, 2.45) is 0 Å². The van der Waals surface area contributed by atoms with Crippen LogP contribution < -0.4 is 0 Å². The van der Waals surface area contributed by atoms with Gasteiger partial charge in [-0.1, -0.05) is 67.2 Å². The van der Waals surface area contributed by atoms with Crippen LogP contribution in [0.2, 0.25) is 0 Å². The third-order valence-electron chi connectivity index (χ3n) is 2.23. The maximum absolute atomic E-state index is 3.74. The van der Waals surface area contributed by atoms with Gasteiger partial charge in [0, 0.05) is 11.0 Å². The number of rotatable bonds is 10. The van der Waals surface area contributed by atoms with E-state index in [2.05, 4.69) is 20.4 Å². The second-order valence-electron chi connectivity index (χ2n) is 3.55. The molecule has 0 amide bonds. The lowest BCUT2D eigenvalue weighted by Crippen LogP contribution is -1.98. The van der Waals surface area contributed by atoms with Crippen molar-refractivity contribution < 1.29 is 0 Å². The molecule has 0 aromatic carbocycles. The fourth-order valence-corrected chi connectivity index (χ4v) is 3.87. The van der Waals surface area contributed by atoms with Crippen LogP contribution in [-0.4, -0.2) is 11.0 Å². The minimum absolute atomic E-state index is 0.858. The van der Waals surface area contributed by atoms with E-state index in [0.29, 0.717) is 0 Å². The van der Waals surface area contributed by atoms with Crippen LogP contribution in [0, 0.1) is 0 Å². The predicted molar refractivity (Wildman–Crippen MR) is 73.1 cm³/mol. The summed E-state index contributed by atoms with van der Waals surface area (Å²) >= 11 is 0. The van der Waals surface area contributed by atoms with Crippen molar-refractivity contribution in [1.82, 2.24) is 0 Å². The molecule has 0 aromatic heterocycles. The normalized spacial score (nSPS) is 12.7. The van der Waals surface area contributed by atoms with Crippen molar-refractivity contribution in [2.45, 2.75) is 57.6 Å². The Morgan fingerprint density at radius 3 is 2.57 bits per heavy atom. The van der Waals surface area contributed by atoms with Gasteiger partial charge >= 0.3 is 0 Å². The first-order valence-electron chi connectivity index (χ1n) is 5.74. The zero-order chi connectivity index (χ0) is 10.6. The van der Waals surface area contributed by atoms with E-state index in [1.165, 1.54) is 38.5 Å². The topological polar surface area (TPSA) is 0 Å². The van der Waals surface area contributed by atoms with E-state index < -0.39 is 0 Å². The van der Waals surface area contributed by atoms with Crippen molar-refractivity contribution >= 4 is 21.6 Å². The lowest BCUT2D eigenvalue weighted by molar-refractivity contribution is 0.612. The Balaban J connectivity index is 3.33. The van der Waals surface area contributed by atoms with Gasteiger partial charge in [-0.05, 0) is 12.8 Å². The Morgan fingerprint density at radius 2 is 2.00 bits per heavy atom. The SMILES string of the molecule is C=CCSSC(CC)CCCCCC. The molecule has 0 aliphatic rings. The van der Waals surface area contributed by atoms with E-state index >= 15 is 0 Å². The molecular formula is C12H24S2. The van der Waals surface area contributed by atoms with Gasteiger partial charge in [0.05, 0.1) is 0 Å². The van der Waals surface area contributed by atoms with Gasteiger partial charge in [-0.25, -0.2) is 0 Å². The van der Waals surface area contributed by atoms with Gasteiger partial charge < -0.3 is 0 Å². The van der Waals surface area contributed by atoms with E-state index in [1.807, 2.05) is 27.7 Å². The molecule has 0 bridgehead atoms. The molecule has 0 saturated carbocycles. The summed E-state index contributed by atoms with van der Waals surface area (Å²) in [7, 11) is 4.00. The van der Waals surface area contributed by atoms with Crippen LogP contribution in [0.1, 0.15) is 52.4 Å². The summed E-state index contributed by atoms with van der Waals surface area (Å²) in [6.07, 6.45) is 10.3. The monoisotopic (exact) mass is 232 g/mol. The minimum Gasteiger partial charge on any atom is -0.102 e. The second kappa shape index (κ2) is 11.5. The Kier molecular flexibility index (Phi) is 11.9. The zero-order valence-corrected chi connectivity index (χ0v) is 11.3. The molecule has 84 valence electrons. The molecule has 1 unspecified atom stereocenters. The maximum atomic E-state index is 3.74. The molecule has 0 fully saturated rings. The molecular weight excluding hydrogens is 208 g/mol. The highest BCUT2D eigenvalue weighted by atomic mass is 33.1. The third kappa shape index (κ3) is 9.01. The first-order chi connectivity index (χ1) is 6.85. The molecule has 0 radical (unpaired) electrons. The van der Waals surface area contributed by atoms with Crippen LogP contribution in [0.15, 0.2) is 12.7 Å². The number of hydrogen-bond acceptors (Lipinski definition) is 2. The minimum atomic E-state index is 0.858. The molecule has 0 nitrogen and oxygen atoms in total. The van der Waals surface area contributed by atoms with E-state index in [9.17, 15) is 0 Å². The average Bonchev–Trinajstić information content (AvgIpc) is 2.22. The van der Waals surface area contributed by atoms with Crippen LogP contribution >= 0.6 is 21.6 Å². The Morgan fingerprint density at radius 1 is 1.21 bits per heavy atom. The Hall–Kier alpha value is 0.440. The quantitative estimate of drug-likeness (QED) is 0.285. The molecule has 0 spiro atoms. The highest BCUT2D eigenvalue weighted by molar-refractivity contribution is 8.77. The van der Waals surface area contributed by atoms with Crippen LogP contribution in [0.4, 0.5) is 0 Å². The van der Waals surface area contributed by atoms with Crippen molar-refractivity contribution in [3.63, 3.8) is 0 Å². The first kappa shape index (κ1) is 14.4. The fourth-order valence-electron chi connectivity index (χ4n) is 1.30. The second-order valence-corrected chi connectivity index (χ2v) is 6.26. The van der Waals surface area contributed by atoms with E-state index in [-0.39, 0.29) is 0 Å².